The first-order chi connectivity index (χ1) is 15.6. The summed E-state index contributed by atoms with van der Waals surface area (Å²) in [4.78, 5) is 22.8. The lowest BCUT2D eigenvalue weighted by molar-refractivity contribution is 0.0280. The molecule has 1 aromatic heterocycles. The van der Waals surface area contributed by atoms with Crippen LogP contribution in [0.3, 0.4) is 0 Å². The van der Waals surface area contributed by atoms with Gasteiger partial charge in [0.15, 0.2) is 0 Å². The fraction of sp³-hybridized carbons (Fsp3) is 0.440. The van der Waals surface area contributed by atoms with Gasteiger partial charge >= 0.3 is 0 Å². The van der Waals surface area contributed by atoms with E-state index in [2.05, 4.69) is 27.8 Å². The molecule has 0 radical (unpaired) electrons. The number of hydrogen-bond acceptors (Lipinski definition) is 5. The molecule has 32 heavy (non-hydrogen) atoms. The van der Waals surface area contributed by atoms with Crippen LogP contribution in [-0.2, 0) is 11.3 Å². The molecule has 168 valence electrons. The summed E-state index contributed by atoms with van der Waals surface area (Å²) >= 11 is 5.99. The Kier molecular flexibility index (Phi) is 6.17. The maximum Gasteiger partial charge on any atom is 0.261 e. The molecule has 3 aromatic rings. The third kappa shape index (κ3) is 4.40. The van der Waals surface area contributed by atoms with Crippen molar-refractivity contribution in [2.75, 3.05) is 37.7 Å². The van der Waals surface area contributed by atoms with Crippen molar-refractivity contribution in [2.24, 2.45) is 0 Å². The molecular weight excluding hydrogens is 424 g/mol. The lowest BCUT2D eigenvalue weighted by Crippen LogP contribution is -2.55. The normalized spacial score (nSPS) is 20.7. The van der Waals surface area contributed by atoms with E-state index in [9.17, 15) is 4.79 Å². The van der Waals surface area contributed by atoms with E-state index in [0.29, 0.717) is 29.0 Å². The molecule has 7 heteroatoms. The molecule has 0 spiro atoms. The van der Waals surface area contributed by atoms with Crippen molar-refractivity contribution in [1.82, 2.24) is 14.5 Å². The van der Waals surface area contributed by atoms with Crippen LogP contribution in [0.2, 0.25) is 5.02 Å². The van der Waals surface area contributed by atoms with Crippen LogP contribution in [0.5, 0.6) is 0 Å². The molecule has 2 aliphatic heterocycles. The summed E-state index contributed by atoms with van der Waals surface area (Å²) in [5, 5.41) is 1.35. The summed E-state index contributed by atoms with van der Waals surface area (Å²) in [5.41, 5.74) is 2.84. The smallest absolute Gasteiger partial charge is 0.261 e. The van der Waals surface area contributed by atoms with E-state index in [4.69, 9.17) is 16.3 Å². The summed E-state index contributed by atoms with van der Waals surface area (Å²) < 4.78 is 7.20. The number of hydrogen-bond donors (Lipinski definition) is 0. The summed E-state index contributed by atoms with van der Waals surface area (Å²) in [7, 11) is 0. The predicted octanol–water partition coefficient (Wildman–Crippen LogP) is 3.79. The second-order valence-electron chi connectivity index (χ2n) is 8.89. The Labute approximate surface area is 193 Å². The van der Waals surface area contributed by atoms with Gasteiger partial charge in [-0.05, 0) is 55.7 Å². The quantitative estimate of drug-likeness (QED) is 0.602. The number of piperazine rings is 1. The van der Waals surface area contributed by atoms with E-state index in [1.54, 1.807) is 10.9 Å². The Morgan fingerprint density at radius 2 is 1.88 bits per heavy atom. The molecule has 6 nitrogen and oxygen atoms in total. The van der Waals surface area contributed by atoms with Gasteiger partial charge in [-0.15, -0.1) is 0 Å². The van der Waals surface area contributed by atoms with Crippen LogP contribution in [0.1, 0.15) is 25.3 Å². The van der Waals surface area contributed by atoms with Gasteiger partial charge in [-0.3, -0.25) is 14.3 Å². The molecule has 2 aromatic carbocycles. The molecule has 0 aliphatic carbocycles. The first kappa shape index (κ1) is 21.4. The number of halogens is 1. The molecule has 0 saturated carbocycles. The van der Waals surface area contributed by atoms with E-state index in [0.717, 1.165) is 62.5 Å². The van der Waals surface area contributed by atoms with Crippen molar-refractivity contribution in [3.63, 3.8) is 0 Å². The molecule has 2 aliphatic rings. The lowest BCUT2D eigenvalue weighted by atomic mass is 10.0. The van der Waals surface area contributed by atoms with Crippen LogP contribution in [-0.4, -0.2) is 59.4 Å². The molecule has 0 amide bonds. The van der Waals surface area contributed by atoms with E-state index in [-0.39, 0.29) is 5.56 Å². The van der Waals surface area contributed by atoms with E-state index in [1.165, 1.54) is 0 Å². The highest BCUT2D eigenvalue weighted by Crippen LogP contribution is 2.26. The van der Waals surface area contributed by atoms with Gasteiger partial charge in [0.25, 0.3) is 5.56 Å². The Bertz CT molecular complexity index is 1140. The zero-order valence-corrected chi connectivity index (χ0v) is 19.2. The first-order valence-electron chi connectivity index (χ1n) is 11.4. The average molecular weight is 453 g/mol. The first-order valence-corrected chi connectivity index (χ1v) is 11.8. The predicted molar refractivity (Wildman–Crippen MR) is 129 cm³/mol. The van der Waals surface area contributed by atoms with Crippen LogP contribution in [0.25, 0.3) is 10.9 Å². The van der Waals surface area contributed by atoms with Gasteiger partial charge in [0.1, 0.15) is 0 Å². The number of nitrogens with zero attached hydrogens (tertiary/aromatic N) is 4. The molecule has 2 fully saturated rings. The number of rotatable bonds is 4. The maximum atomic E-state index is 13.2. The molecule has 2 saturated heterocycles. The highest BCUT2D eigenvalue weighted by molar-refractivity contribution is 6.30. The van der Waals surface area contributed by atoms with Crippen LogP contribution in [0.15, 0.2) is 53.6 Å². The third-order valence-corrected chi connectivity index (χ3v) is 7.02. The van der Waals surface area contributed by atoms with E-state index >= 15 is 0 Å². The zero-order valence-electron chi connectivity index (χ0n) is 18.4. The fourth-order valence-electron chi connectivity index (χ4n) is 4.98. The van der Waals surface area contributed by atoms with E-state index < -0.39 is 0 Å². The number of fused-ring (bicyclic) bond motifs is 1. The molecule has 5 rings (SSSR count). The minimum absolute atomic E-state index is 0.0136. The monoisotopic (exact) mass is 452 g/mol. The van der Waals surface area contributed by atoms with Crippen LogP contribution in [0, 0.1) is 0 Å². The molecule has 3 heterocycles. The fourth-order valence-corrected chi connectivity index (χ4v) is 5.10. The van der Waals surface area contributed by atoms with Crippen molar-refractivity contribution in [3.05, 3.63) is 69.7 Å². The Morgan fingerprint density at radius 3 is 2.62 bits per heavy atom. The second-order valence-corrected chi connectivity index (χ2v) is 9.32. The highest BCUT2D eigenvalue weighted by Gasteiger charge is 2.29. The lowest BCUT2D eigenvalue weighted by Gasteiger charge is -2.45. The topological polar surface area (TPSA) is 50.6 Å². The maximum absolute atomic E-state index is 13.2. The number of aromatic nitrogens is 2. The minimum Gasteiger partial charge on any atom is -0.381 e. The van der Waals surface area contributed by atoms with Gasteiger partial charge in [-0.25, -0.2) is 4.98 Å². The average Bonchev–Trinajstić information content (AvgIpc) is 2.83. The van der Waals surface area contributed by atoms with Gasteiger partial charge in [0.2, 0.25) is 0 Å². The van der Waals surface area contributed by atoms with Crippen molar-refractivity contribution >= 4 is 28.2 Å². The molecule has 1 atom stereocenters. The van der Waals surface area contributed by atoms with E-state index in [1.807, 2.05) is 36.4 Å². The number of ether oxygens (including phenoxy) is 1. The molecule has 0 N–H and O–H groups in total. The Hall–Kier alpha value is -2.41. The van der Waals surface area contributed by atoms with Crippen molar-refractivity contribution < 1.29 is 4.74 Å². The SMILES string of the molecule is C[C@@H]1CN(C2CCOCC2)CCN1c1ccc2ncn(Cc3ccc(Cl)cc3)c(=O)c2c1. The molecular formula is C25H29ClN4O2. The zero-order chi connectivity index (χ0) is 22.1. The largest absolute Gasteiger partial charge is 0.381 e. The second kappa shape index (κ2) is 9.22. The van der Waals surface area contributed by atoms with Gasteiger partial charge in [0, 0.05) is 55.6 Å². The van der Waals surface area contributed by atoms with Crippen molar-refractivity contribution in [3.8, 4) is 0 Å². The van der Waals surface area contributed by atoms with Gasteiger partial charge < -0.3 is 9.64 Å². The highest BCUT2D eigenvalue weighted by atomic mass is 35.5. The minimum atomic E-state index is -0.0136. The summed E-state index contributed by atoms with van der Waals surface area (Å²) in [5.74, 6) is 0. The number of benzene rings is 2. The van der Waals surface area contributed by atoms with Crippen molar-refractivity contribution in [1.29, 1.82) is 0 Å². The third-order valence-electron chi connectivity index (χ3n) is 6.77. The van der Waals surface area contributed by atoms with Gasteiger partial charge in [-0.1, -0.05) is 23.7 Å². The summed E-state index contributed by atoms with van der Waals surface area (Å²) in [6.07, 6.45) is 3.89. The van der Waals surface area contributed by atoms with Crippen LogP contribution in [0.4, 0.5) is 5.69 Å². The van der Waals surface area contributed by atoms with Crippen LogP contribution < -0.4 is 10.5 Å². The van der Waals surface area contributed by atoms with Gasteiger partial charge in [0.05, 0.1) is 23.8 Å². The Morgan fingerprint density at radius 1 is 1.09 bits per heavy atom. The van der Waals surface area contributed by atoms with Gasteiger partial charge in [-0.2, -0.15) is 0 Å². The summed E-state index contributed by atoms with van der Waals surface area (Å²) in [6.45, 7) is 7.54. The van der Waals surface area contributed by atoms with Crippen molar-refractivity contribution in [2.45, 2.75) is 38.4 Å². The van der Waals surface area contributed by atoms with Crippen LogP contribution >= 0.6 is 11.6 Å². The Balaban J connectivity index is 1.37. The standard InChI is InChI=1S/C25H29ClN4O2/c1-18-15-28(21-8-12-32-13-9-21)10-11-30(18)22-6-7-24-23(14-22)25(31)29(17-27-24)16-19-2-4-20(26)5-3-19/h2-7,14,17-18,21H,8-13,15-16H2,1H3/t18-/m1/s1. The molecule has 0 bridgehead atoms. The summed E-state index contributed by atoms with van der Waals surface area (Å²) in [6, 6.07) is 14.7. The molecule has 0 unspecified atom stereocenters. The number of anilines is 1.